The molecule has 1 heterocycles. The average molecular weight is 367 g/mol. The summed E-state index contributed by atoms with van der Waals surface area (Å²) in [6.45, 7) is 6.84. The van der Waals surface area contributed by atoms with Gasteiger partial charge in [-0.3, -0.25) is 4.79 Å². The van der Waals surface area contributed by atoms with Gasteiger partial charge in [-0.25, -0.2) is 4.98 Å². The first-order chi connectivity index (χ1) is 12.1. The lowest BCUT2D eigenvalue weighted by Crippen LogP contribution is -2.23. The summed E-state index contributed by atoms with van der Waals surface area (Å²) >= 11 is 0. The van der Waals surface area contributed by atoms with Crippen LogP contribution in [0, 0.1) is 12.8 Å². The van der Waals surface area contributed by atoms with Crippen LogP contribution in [0.15, 0.2) is 29.1 Å². The lowest BCUT2D eigenvalue weighted by Gasteiger charge is -2.20. The fourth-order valence-corrected chi connectivity index (χ4v) is 2.67. The van der Waals surface area contributed by atoms with Crippen molar-refractivity contribution in [2.24, 2.45) is 5.92 Å². The number of hydrogen-bond acceptors (Lipinski definition) is 3. The zero-order valence-electron chi connectivity index (χ0n) is 15.4. The third-order valence-corrected chi connectivity index (χ3v) is 4.22. The predicted molar refractivity (Wildman–Crippen MR) is 95.8 cm³/mol. The Hall–Kier alpha value is -2.15. The molecule has 0 radical (unpaired) electrons. The molecule has 1 N–H and O–H groups in total. The number of aromatic nitrogens is 2. The SMILES string of the molecule is Cc1c(C(F)(F)F)nc(-c2ccccc2CN(C)CCC(C)C)[nH]c1=O. The molecule has 1 aromatic heterocycles. The highest BCUT2D eigenvalue weighted by atomic mass is 19.4. The van der Waals surface area contributed by atoms with Crippen molar-refractivity contribution in [1.29, 1.82) is 0 Å². The molecule has 0 bridgehead atoms. The van der Waals surface area contributed by atoms with Crippen LogP contribution in [0.3, 0.4) is 0 Å². The van der Waals surface area contributed by atoms with Crippen LogP contribution in [-0.2, 0) is 12.7 Å². The smallest absolute Gasteiger partial charge is 0.306 e. The third kappa shape index (κ3) is 4.94. The Morgan fingerprint density at radius 2 is 1.88 bits per heavy atom. The van der Waals surface area contributed by atoms with Crippen molar-refractivity contribution >= 4 is 0 Å². The fourth-order valence-electron chi connectivity index (χ4n) is 2.67. The molecule has 0 aliphatic rings. The quantitative estimate of drug-likeness (QED) is 0.831. The number of aromatic amines is 1. The second-order valence-corrected chi connectivity index (χ2v) is 6.96. The van der Waals surface area contributed by atoms with Crippen LogP contribution in [0.4, 0.5) is 13.2 Å². The van der Waals surface area contributed by atoms with E-state index in [1.54, 1.807) is 12.1 Å². The van der Waals surface area contributed by atoms with E-state index >= 15 is 0 Å². The molecule has 0 unspecified atom stereocenters. The topological polar surface area (TPSA) is 49.0 Å². The van der Waals surface area contributed by atoms with E-state index in [1.165, 1.54) is 0 Å². The number of alkyl halides is 3. The molecule has 0 aliphatic heterocycles. The van der Waals surface area contributed by atoms with Crippen LogP contribution in [0.1, 0.15) is 37.1 Å². The second kappa shape index (κ2) is 8.03. The number of halogens is 3. The Labute approximate surface area is 151 Å². The molecule has 26 heavy (non-hydrogen) atoms. The van der Waals surface area contributed by atoms with E-state index in [-0.39, 0.29) is 5.82 Å². The summed E-state index contributed by atoms with van der Waals surface area (Å²) in [7, 11) is 1.96. The molecule has 1 aromatic carbocycles. The van der Waals surface area contributed by atoms with Crippen LogP contribution in [0.25, 0.3) is 11.4 Å². The molecule has 142 valence electrons. The highest BCUT2D eigenvalue weighted by Gasteiger charge is 2.36. The van der Waals surface area contributed by atoms with E-state index in [1.807, 2.05) is 19.2 Å². The van der Waals surface area contributed by atoms with Gasteiger partial charge in [0.25, 0.3) is 5.56 Å². The van der Waals surface area contributed by atoms with Crippen LogP contribution in [0.2, 0.25) is 0 Å². The normalized spacial score (nSPS) is 12.2. The Morgan fingerprint density at radius 3 is 2.50 bits per heavy atom. The van der Waals surface area contributed by atoms with Crippen molar-refractivity contribution in [3.63, 3.8) is 0 Å². The lowest BCUT2D eigenvalue weighted by atomic mass is 10.1. The zero-order chi connectivity index (χ0) is 19.5. The van der Waals surface area contributed by atoms with E-state index < -0.39 is 23.0 Å². The van der Waals surface area contributed by atoms with Gasteiger partial charge >= 0.3 is 6.18 Å². The van der Waals surface area contributed by atoms with E-state index in [9.17, 15) is 18.0 Å². The summed E-state index contributed by atoms with van der Waals surface area (Å²) < 4.78 is 39.6. The molecule has 2 aromatic rings. The first-order valence-corrected chi connectivity index (χ1v) is 8.54. The van der Waals surface area contributed by atoms with Crippen LogP contribution < -0.4 is 5.56 Å². The molecule has 2 rings (SSSR count). The maximum absolute atomic E-state index is 13.2. The number of nitrogens with zero attached hydrogens (tertiary/aromatic N) is 2. The number of hydrogen-bond donors (Lipinski definition) is 1. The number of H-pyrrole nitrogens is 1. The van der Waals surface area contributed by atoms with Gasteiger partial charge < -0.3 is 9.88 Å². The number of rotatable bonds is 6. The largest absolute Gasteiger partial charge is 0.433 e. The summed E-state index contributed by atoms with van der Waals surface area (Å²) in [4.78, 5) is 20.3. The van der Waals surface area contributed by atoms with Gasteiger partial charge in [0.05, 0.1) is 0 Å². The fraction of sp³-hybridized carbons (Fsp3) is 0.474. The minimum absolute atomic E-state index is 0.0548. The Morgan fingerprint density at radius 1 is 1.23 bits per heavy atom. The van der Waals surface area contributed by atoms with Gasteiger partial charge in [0.15, 0.2) is 5.69 Å². The minimum atomic E-state index is -4.67. The molecule has 0 fully saturated rings. The van der Waals surface area contributed by atoms with Crippen molar-refractivity contribution in [1.82, 2.24) is 14.9 Å². The van der Waals surface area contributed by atoms with Gasteiger partial charge in [-0.2, -0.15) is 13.2 Å². The second-order valence-electron chi connectivity index (χ2n) is 6.96. The first kappa shape index (κ1) is 20.2. The lowest BCUT2D eigenvalue weighted by molar-refractivity contribution is -0.141. The molecule has 0 spiro atoms. The summed E-state index contributed by atoms with van der Waals surface area (Å²) in [5.74, 6) is 0.512. The van der Waals surface area contributed by atoms with Crippen molar-refractivity contribution < 1.29 is 13.2 Å². The minimum Gasteiger partial charge on any atom is -0.306 e. The van der Waals surface area contributed by atoms with Gasteiger partial charge in [0, 0.05) is 17.7 Å². The molecular weight excluding hydrogens is 343 g/mol. The van der Waals surface area contributed by atoms with Gasteiger partial charge in [0.2, 0.25) is 0 Å². The maximum atomic E-state index is 13.2. The molecule has 0 atom stereocenters. The molecule has 0 saturated heterocycles. The average Bonchev–Trinajstić information content (AvgIpc) is 2.55. The summed E-state index contributed by atoms with van der Waals surface area (Å²) in [5, 5.41) is 0. The first-order valence-electron chi connectivity index (χ1n) is 8.54. The third-order valence-electron chi connectivity index (χ3n) is 4.22. The van der Waals surface area contributed by atoms with Crippen molar-refractivity contribution in [3.8, 4) is 11.4 Å². The Kier molecular flexibility index (Phi) is 6.23. The molecule has 7 heteroatoms. The van der Waals surface area contributed by atoms with Crippen molar-refractivity contribution in [2.75, 3.05) is 13.6 Å². The number of benzene rings is 1. The van der Waals surface area contributed by atoms with Gasteiger partial charge in [0.1, 0.15) is 5.82 Å². The standard InChI is InChI=1S/C19H24F3N3O/c1-12(2)9-10-25(4)11-14-7-5-6-8-15(14)17-23-16(19(20,21)22)13(3)18(26)24-17/h5-8,12H,9-11H2,1-4H3,(H,23,24,26). The van der Waals surface area contributed by atoms with Crippen LogP contribution in [-0.4, -0.2) is 28.5 Å². The Balaban J connectivity index is 2.41. The molecule has 0 amide bonds. The molecule has 0 aliphatic carbocycles. The molecule has 0 saturated carbocycles. The van der Waals surface area contributed by atoms with Crippen LogP contribution >= 0.6 is 0 Å². The molecular formula is C19H24F3N3O. The zero-order valence-corrected chi connectivity index (χ0v) is 15.4. The summed E-state index contributed by atoms with van der Waals surface area (Å²) in [6.07, 6.45) is -3.65. The van der Waals surface area contributed by atoms with Gasteiger partial charge in [-0.05, 0) is 38.4 Å². The van der Waals surface area contributed by atoms with E-state index in [4.69, 9.17) is 0 Å². The molecule has 4 nitrogen and oxygen atoms in total. The predicted octanol–water partition coefficient (Wildman–Crippen LogP) is 4.24. The highest BCUT2D eigenvalue weighted by Crippen LogP contribution is 2.30. The van der Waals surface area contributed by atoms with Crippen molar-refractivity contribution in [3.05, 3.63) is 51.4 Å². The monoisotopic (exact) mass is 367 g/mol. The van der Waals surface area contributed by atoms with Gasteiger partial charge in [-0.1, -0.05) is 38.1 Å². The summed E-state index contributed by atoms with van der Waals surface area (Å²) in [5.41, 5.74) is -1.01. The van der Waals surface area contributed by atoms with Gasteiger partial charge in [-0.15, -0.1) is 0 Å². The summed E-state index contributed by atoms with van der Waals surface area (Å²) in [6, 6.07) is 7.07. The highest BCUT2D eigenvalue weighted by molar-refractivity contribution is 5.60. The maximum Gasteiger partial charge on any atom is 0.433 e. The van der Waals surface area contributed by atoms with Crippen molar-refractivity contribution in [2.45, 2.75) is 39.9 Å². The number of nitrogens with one attached hydrogen (secondary N) is 1. The van der Waals surface area contributed by atoms with E-state index in [0.29, 0.717) is 18.0 Å². The van der Waals surface area contributed by atoms with E-state index in [2.05, 4.69) is 28.7 Å². The Bertz CT molecular complexity index is 812. The van der Waals surface area contributed by atoms with E-state index in [0.717, 1.165) is 25.5 Å². The van der Waals surface area contributed by atoms with Crippen LogP contribution in [0.5, 0.6) is 0 Å².